The second kappa shape index (κ2) is 9.70. The molecule has 194 valence electrons. The summed E-state index contributed by atoms with van der Waals surface area (Å²) in [6, 6.07) is 8.38. The van der Waals surface area contributed by atoms with Crippen LogP contribution in [0.5, 0.6) is 5.75 Å². The first-order chi connectivity index (χ1) is 18.7. The molecule has 5 aromatic rings. The SMILES string of the molecule is CN1CCN(c2ccnc3[nH]c(-c4n[nH]c5cnc(-c6cncc(OC7CCNCC7)c6)cc45)cc23)CC1. The zero-order chi connectivity index (χ0) is 25.5. The van der Waals surface area contributed by atoms with Gasteiger partial charge in [-0.15, -0.1) is 0 Å². The summed E-state index contributed by atoms with van der Waals surface area (Å²) in [6.07, 6.45) is 9.55. The fourth-order valence-corrected chi connectivity index (χ4v) is 5.47. The summed E-state index contributed by atoms with van der Waals surface area (Å²) in [6.45, 7) is 6.09. The van der Waals surface area contributed by atoms with E-state index in [4.69, 9.17) is 4.74 Å². The molecule has 0 bridgehead atoms. The van der Waals surface area contributed by atoms with Gasteiger partial charge in [0.25, 0.3) is 0 Å². The molecule has 0 aliphatic carbocycles. The van der Waals surface area contributed by atoms with Gasteiger partial charge in [0.1, 0.15) is 23.2 Å². The number of fused-ring (bicyclic) bond motifs is 2. The molecule has 0 saturated carbocycles. The summed E-state index contributed by atoms with van der Waals surface area (Å²) in [7, 11) is 2.17. The summed E-state index contributed by atoms with van der Waals surface area (Å²) in [5.74, 6) is 0.779. The smallest absolute Gasteiger partial charge is 0.139 e. The average Bonchev–Trinajstić information content (AvgIpc) is 3.58. The molecule has 5 aromatic heterocycles. The number of piperazine rings is 1. The number of hydrogen-bond acceptors (Lipinski definition) is 8. The van der Waals surface area contributed by atoms with Crippen LogP contribution in [0.3, 0.4) is 0 Å². The number of H-pyrrole nitrogens is 2. The number of aromatic amines is 2. The van der Waals surface area contributed by atoms with Crippen LogP contribution < -0.4 is 15.0 Å². The van der Waals surface area contributed by atoms with Gasteiger partial charge in [0.2, 0.25) is 0 Å². The van der Waals surface area contributed by atoms with Crippen LogP contribution in [0.4, 0.5) is 5.69 Å². The number of nitrogens with one attached hydrogen (secondary N) is 3. The van der Waals surface area contributed by atoms with Crippen molar-refractivity contribution in [1.29, 1.82) is 0 Å². The fourth-order valence-electron chi connectivity index (χ4n) is 5.47. The number of aromatic nitrogens is 6. The van der Waals surface area contributed by atoms with E-state index in [-0.39, 0.29) is 6.10 Å². The van der Waals surface area contributed by atoms with Gasteiger partial charge in [0.15, 0.2) is 0 Å². The van der Waals surface area contributed by atoms with Gasteiger partial charge in [-0.25, -0.2) is 4.98 Å². The van der Waals surface area contributed by atoms with Gasteiger partial charge in [-0.2, -0.15) is 5.10 Å². The quantitative estimate of drug-likeness (QED) is 0.330. The standard InChI is InChI=1S/C28H31N9O/c1-36-8-10-37(11-9-36)26-4-7-31-28-22(26)14-24(33-28)27-21-13-23(32-17-25(21)34-35-27)18-12-20(16-30-15-18)38-19-2-5-29-6-3-19/h4,7,12-17,19,29H,2-3,5-6,8-11H2,1H3,(H,31,33)(H,34,35). The van der Waals surface area contributed by atoms with Crippen molar-refractivity contribution in [2.75, 3.05) is 51.2 Å². The molecule has 10 heteroatoms. The van der Waals surface area contributed by atoms with Crippen molar-refractivity contribution in [3.63, 3.8) is 0 Å². The number of ether oxygens (including phenoxy) is 1. The average molecular weight is 510 g/mol. The van der Waals surface area contributed by atoms with Crippen LogP contribution >= 0.6 is 0 Å². The molecule has 10 nitrogen and oxygen atoms in total. The van der Waals surface area contributed by atoms with Gasteiger partial charge < -0.3 is 24.8 Å². The molecule has 38 heavy (non-hydrogen) atoms. The lowest BCUT2D eigenvalue weighted by Gasteiger charge is -2.34. The largest absolute Gasteiger partial charge is 0.489 e. The Hall–Kier alpha value is -4.02. The van der Waals surface area contributed by atoms with Crippen molar-refractivity contribution in [3.05, 3.63) is 49.1 Å². The Labute approximate surface area is 220 Å². The van der Waals surface area contributed by atoms with Gasteiger partial charge in [-0.05, 0) is 57.2 Å². The molecule has 0 amide bonds. The summed E-state index contributed by atoms with van der Waals surface area (Å²) in [5.41, 5.74) is 6.49. The Morgan fingerprint density at radius 2 is 1.82 bits per heavy atom. The number of pyridine rings is 3. The molecular weight excluding hydrogens is 478 g/mol. The van der Waals surface area contributed by atoms with Crippen LogP contribution in [-0.4, -0.2) is 87.5 Å². The predicted octanol–water partition coefficient (Wildman–Crippen LogP) is 3.45. The maximum absolute atomic E-state index is 6.22. The first kappa shape index (κ1) is 23.1. The van der Waals surface area contributed by atoms with E-state index >= 15 is 0 Å². The third-order valence-corrected chi connectivity index (χ3v) is 7.65. The van der Waals surface area contributed by atoms with Crippen molar-refractivity contribution < 1.29 is 4.74 Å². The van der Waals surface area contributed by atoms with E-state index < -0.39 is 0 Å². The highest BCUT2D eigenvalue weighted by Gasteiger charge is 2.20. The van der Waals surface area contributed by atoms with Gasteiger partial charge in [0, 0.05) is 60.6 Å². The van der Waals surface area contributed by atoms with Gasteiger partial charge in [-0.1, -0.05) is 0 Å². The van der Waals surface area contributed by atoms with Crippen LogP contribution in [0.2, 0.25) is 0 Å². The lowest BCUT2D eigenvalue weighted by Crippen LogP contribution is -2.44. The Morgan fingerprint density at radius 1 is 0.947 bits per heavy atom. The van der Waals surface area contributed by atoms with E-state index in [0.29, 0.717) is 0 Å². The zero-order valence-corrected chi connectivity index (χ0v) is 21.4. The van der Waals surface area contributed by atoms with E-state index in [2.05, 4.69) is 70.5 Å². The highest BCUT2D eigenvalue weighted by molar-refractivity contribution is 5.99. The zero-order valence-electron chi connectivity index (χ0n) is 21.4. The number of likely N-dealkylation sites (N-methyl/N-ethyl adjacent to an activating group) is 1. The Morgan fingerprint density at radius 3 is 2.68 bits per heavy atom. The molecular formula is C28H31N9O. The molecule has 0 radical (unpaired) electrons. The number of piperidine rings is 1. The van der Waals surface area contributed by atoms with Crippen LogP contribution in [0.1, 0.15) is 12.8 Å². The summed E-state index contributed by atoms with van der Waals surface area (Å²) in [4.78, 5) is 22.0. The van der Waals surface area contributed by atoms with Crippen molar-refractivity contribution in [1.82, 2.24) is 40.3 Å². The second-order valence-corrected chi connectivity index (χ2v) is 10.2. The number of rotatable bonds is 5. The topological polar surface area (TPSA) is 111 Å². The summed E-state index contributed by atoms with van der Waals surface area (Å²) in [5, 5.41) is 13.3. The molecule has 0 aromatic carbocycles. The van der Waals surface area contributed by atoms with Crippen molar-refractivity contribution in [3.8, 4) is 28.4 Å². The van der Waals surface area contributed by atoms with Gasteiger partial charge >= 0.3 is 0 Å². The van der Waals surface area contributed by atoms with E-state index in [0.717, 1.165) is 102 Å². The first-order valence-corrected chi connectivity index (χ1v) is 13.3. The molecule has 7 heterocycles. The molecule has 2 saturated heterocycles. The minimum Gasteiger partial charge on any atom is -0.489 e. The normalized spacial score (nSPS) is 17.4. The van der Waals surface area contributed by atoms with Gasteiger partial charge in [-0.3, -0.25) is 15.1 Å². The van der Waals surface area contributed by atoms with Crippen LogP contribution in [0.25, 0.3) is 44.6 Å². The second-order valence-electron chi connectivity index (χ2n) is 10.2. The molecule has 2 aliphatic heterocycles. The highest BCUT2D eigenvalue weighted by Crippen LogP contribution is 2.34. The van der Waals surface area contributed by atoms with Crippen LogP contribution in [0, 0.1) is 0 Å². The lowest BCUT2D eigenvalue weighted by molar-refractivity contribution is 0.162. The molecule has 0 unspecified atom stereocenters. The fraction of sp³-hybridized carbons (Fsp3) is 0.357. The minimum absolute atomic E-state index is 0.218. The van der Waals surface area contributed by atoms with E-state index in [1.165, 1.54) is 5.69 Å². The molecule has 7 rings (SSSR count). The Kier molecular flexibility index (Phi) is 5.90. The highest BCUT2D eigenvalue weighted by atomic mass is 16.5. The summed E-state index contributed by atoms with van der Waals surface area (Å²) < 4.78 is 6.22. The van der Waals surface area contributed by atoms with Crippen molar-refractivity contribution >= 4 is 27.6 Å². The minimum atomic E-state index is 0.218. The monoisotopic (exact) mass is 509 g/mol. The molecule has 0 spiro atoms. The molecule has 3 N–H and O–H groups in total. The number of hydrogen-bond donors (Lipinski definition) is 3. The van der Waals surface area contributed by atoms with Crippen LogP contribution in [0.15, 0.2) is 49.1 Å². The molecule has 0 atom stereocenters. The Balaban J connectivity index is 1.22. The Bertz CT molecular complexity index is 1580. The number of nitrogens with zero attached hydrogens (tertiary/aromatic N) is 6. The van der Waals surface area contributed by atoms with E-state index in [9.17, 15) is 0 Å². The summed E-state index contributed by atoms with van der Waals surface area (Å²) >= 11 is 0. The van der Waals surface area contributed by atoms with E-state index in [1.54, 1.807) is 6.20 Å². The lowest BCUT2D eigenvalue weighted by atomic mass is 10.1. The maximum atomic E-state index is 6.22. The molecule has 2 aliphatic rings. The third-order valence-electron chi connectivity index (χ3n) is 7.65. The van der Waals surface area contributed by atoms with Gasteiger partial charge in [0.05, 0.1) is 29.3 Å². The van der Waals surface area contributed by atoms with E-state index in [1.807, 2.05) is 24.7 Å². The van der Waals surface area contributed by atoms with Crippen molar-refractivity contribution in [2.24, 2.45) is 0 Å². The third kappa shape index (κ3) is 4.35. The molecule has 2 fully saturated rings. The number of anilines is 1. The predicted molar refractivity (Wildman–Crippen MR) is 148 cm³/mol. The first-order valence-electron chi connectivity index (χ1n) is 13.3. The van der Waals surface area contributed by atoms with Crippen LogP contribution in [-0.2, 0) is 0 Å². The van der Waals surface area contributed by atoms with Crippen molar-refractivity contribution in [2.45, 2.75) is 18.9 Å². The maximum Gasteiger partial charge on any atom is 0.139 e.